The molecule has 0 radical (unpaired) electrons. The van der Waals surface area contributed by atoms with Gasteiger partial charge < -0.3 is 9.15 Å². The highest BCUT2D eigenvalue weighted by Crippen LogP contribution is 2.33. The van der Waals surface area contributed by atoms with Gasteiger partial charge in [-0.25, -0.2) is 4.79 Å². The predicted molar refractivity (Wildman–Crippen MR) is 107 cm³/mol. The Hall–Kier alpha value is -3.45. The van der Waals surface area contributed by atoms with Crippen LogP contribution in [0.4, 0.5) is 5.69 Å². The summed E-state index contributed by atoms with van der Waals surface area (Å²) >= 11 is 3.36. The number of esters is 1. The summed E-state index contributed by atoms with van der Waals surface area (Å²) in [6.07, 6.45) is 3.19. The first-order chi connectivity index (χ1) is 13.5. The molecule has 0 spiro atoms. The third-order valence-corrected chi connectivity index (χ3v) is 4.67. The van der Waals surface area contributed by atoms with E-state index in [0.29, 0.717) is 28.4 Å². The van der Waals surface area contributed by atoms with Crippen molar-refractivity contribution in [1.29, 1.82) is 0 Å². The van der Waals surface area contributed by atoms with E-state index in [9.17, 15) is 14.9 Å². The van der Waals surface area contributed by atoms with Gasteiger partial charge in [0.2, 0.25) is 0 Å². The molecular formula is C21H12BrNO5. The van der Waals surface area contributed by atoms with Crippen molar-refractivity contribution in [3.05, 3.63) is 98.2 Å². The number of halogens is 1. The minimum atomic E-state index is -0.485. The third kappa shape index (κ3) is 3.52. The lowest BCUT2D eigenvalue weighted by molar-refractivity contribution is -0.384. The van der Waals surface area contributed by atoms with Crippen molar-refractivity contribution in [2.24, 2.45) is 0 Å². The highest BCUT2D eigenvalue weighted by atomic mass is 79.9. The highest BCUT2D eigenvalue weighted by molar-refractivity contribution is 9.10. The number of benzene rings is 2. The highest BCUT2D eigenvalue weighted by Gasteiger charge is 2.23. The van der Waals surface area contributed by atoms with Crippen LogP contribution in [-0.2, 0) is 9.53 Å². The Bertz CT molecular complexity index is 1140. The minimum absolute atomic E-state index is 0.0475. The SMILES string of the molecule is O=C1OC(c2ccc(Br)cc2)=CC1=Cc1ccc(-c2ccccc2[N+](=O)[O-])o1. The molecule has 138 valence electrons. The van der Waals surface area contributed by atoms with Crippen LogP contribution in [0.15, 0.2) is 81.2 Å². The Morgan fingerprint density at radius 2 is 1.75 bits per heavy atom. The summed E-state index contributed by atoms with van der Waals surface area (Å²) in [6, 6.07) is 17.0. The number of ether oxygens (including phenoxy) is 1. The van der Waals surface area contributed by atoms with E-state index >= 15 is 0 Å². The van der Waals surface area contributed by atoms with Gasteiger partial charge in [-0.3, -0.25) is 10.1 Å². The van der Waals surface area contributed by atoms with E-state index in [1.54, 1.807) is 42.5 Å². The molecule has 0 aliphatic carbocycles. The van der Waals surface area contributed by atoms with E-state index in [-0.39, 0.29) is 5.69 Å². The van der Waals surface area contributed by atoms with Gasteiger partial charge in [0.05, 0.1) is 16.1 Å². The molecule has 3 aromatic rings. The Labute approximate surface area is 168 Å². The lowest BCUT2D eigenvalue weighted by atomic mass is 10.1. The molecule has 0 amide bonds. The van der Waals surface area contributed by atoms with Gasteiger partial charge in [-0.05, 0) is 42.5 Å². The van der Waals surface area contributed by atoms with Crippen LogP contribution in [0, 0.1) is 10.1 Å². The summed E-state index contributed by atoms with van der Waals surface area (Å²) in [4.78, 5) is 22.9. The average Bonchev–Trinajstić information content (AvgIpc) is 3.30. The number of cyclic esters (lactones) is 1. The first-order valence-electron chi connectivity index (χ1n) is 8.26. The van der Waals surface area contributed by atoms with E-state index in [2.05, 4.69) is 15.9 Å². The number of hydrogen-bond acceptors (Lipinski definition) is 5. The number of furan rings is 1. The second-order valence-electron chi connectivity index (χ2n) is 5.98. The zero-order valence-corrected chi connectivity index (χ0v) is 15.9. The fraction of sp³-hybridized carbons (Fsp3) is 0. The number of carbonyl (C=O) groups is 1. The molecule has 2 aromatic carbocycles. The van der Waals surface area contributed by atoms with Gasteiger partial charge in [0.1, 0.15) is 17.3 Å². The molecule has 1 aromatic heterocycles. The van der Waals surface area contributed by atoms with Crippen molar-refractivity contribution in [2.75, 3.05) is 0 Å². The van der Waals surface area contributed by atoms with Crippen LogP contribution in [-0.4, -0.2) is 10.9 Å². The monoisotopic (exact) mass is 437 g/mol. The first-order valence-corrected chi connectivity index (χ1v) is 9.06. The second-order valence-corrected chi connectivity index (χ2v) is 6.90. The van der Waals surface area contributed by atoms with Gasteiger partial charge >= 0.3 is 5.97 Å². The molecule has 0 saturated heterocycles. The molecule has 0 fully saturated rings. The third-order valence-electron chi connectivity index (χ3n) is 4.14. The van der Waals surface area contributed by atoms with Crippen molar-refractivity contribution in [1.82, 2.24) is 0 Å². The summed E-state index contributed by atoms with van der Waals surface area (Å²) in [5.41, 5.74) is 1.44. The van der Waals surface area contributed by atoms with Crippen molar-refractivity contribution in [3.8, 4) is 11.3 Å². The molecule has 7 heteroatoms. The van der Waals surface area contributed by atoms with Gasteiger partial charge in [0, 0.05) is 16.1 Å². The van der Waals surface area contributed by atoms with Crippen molar-refractivity contribution < 1.29 is 18.9 Å². The minimum Gasteiger partial charge on any atom is -0.456 e. The van der Waals surface area contributed by atoms with Crippen molar-refractivity contribution >= 4 is 39.4 Å². The van der Waals surface area contributed by atoms with Gasteiger partial charge in [-0.1, -0.05) is 40.2 Å². The van der Waals surface area contributed by atoms with Crippen molar-refractivity contribution in [3.63, 3.8) is 0 Å². The lowest BCUT2D eigenvalue weighted by Gasteiger charge is -2.01. The van der Waals surface area contributed by atoms with E-state index in [4.69, 9.17) is 9.15 Å². The number of nitrogens with zero attached hydrogens (tertiary/aromatic N) is 1. The summed E-state index contributed by atoms with van der Waals surface area (Å²) in [7, 11) is 0. The molecule has 4 rings (SSSR count). The molecule has 0 atom stereocenters. The zero-order chi connectivity index (χ0) is 19.7. The molecule has 28 heavy (non-hydrogen) atoms. The normalized spacial score (nSPS) is 14.8. The molecule has 1 aliphatic rings. The fourth-order valence-electron chi connectivity index (χ4n) is 2.82. The maximum Gasteiger partial charge on any atom is 0.343 e. The molecule has 6 nitrogen and oxygen atoms in total. The summed E-state index contributed by atoms with van der Waals surface area (Å²) < 4.78 is 12.0. The molecule has 0 saturated carbocycles. The Morgan fingerprint density at radius 1 is 1.00 bits per heavy atom. The Balaban J connectivity index is 1.65. The molecule has 0 N–H and O–H groups in total. The Morgan fingerprint density at radius 3 is 2.50 bits per heavy atom. The fourth-order valence-corrected chi connectivity index (χ4v) is 3.08. The first kappa shape index (κ1) is 17.9. The van der Waals surface area contributed by atoms with Crippen LogP contribution in [0.25, 0.3) is 23.2 Å². The largest absolute Gasteiger partial charge is 0.456 e. The van der Waals surface area contributed by atoms with E-state index in [1.807, 2.05) is 24.3 Å². The van der Waals surface area contributed by atoms with Gasteiger partial charge in [-0.15, -0.1) is 0 Å². The van der Waals surface area contributed by atoms with Crippen LogP contribution >= 0.6 is 15.9 Å². The topological polar surface area (TPSA) is 82.6 Å². The number of nitro benzene ring substituents is 1. The van der Waals surface area contributed by atoms with Crippen LogP contribution in [0.1, 0.15) is 11.3 Å². The average molecular weight is 438 g/mol. The van der Waals surface area contributed by atoms with E-state index in [0.717, 1.165) is 10.0 Å². The second kappa shape index (κ2) is 7.28. The van der Waals surface area contributed by atoms with Crippen LogP contribution in [0.5, 0.6) is 0 Å². The summed E-state index contributed by atoms with van der Waals surface area (Å²) in [5, 5.41) is 11.2. The zero-order valence-electron chi connectivity index (χ0n) is 14.3. The smallest absolute Gasteiger partial charge is 0.343 e. The van der Waals surface area contributed by atoms with Crippen molar-refractivity contribution in [2.45, 2.75) is 0 Å². The molecule has 1 aliphatic heterocycles. The number of rotatable bonds is 4. The molecule has 0 unspecified atom stereocenters. The Kier molecular flexibility index (Phi) is 4.67. The number of nitro groups is 1. The quantitative estimate of drug-likeness (QED) is 0.229. The summed E-state index contributed by atoms with van der Waals surface area (Å²) in [6.45, 7) is 0. The lowest BCUT2D eigenvalue weighted by Crippen LogP contribution is -1.96. The number of para-hydroxylation sites is 1. The predicted octanol–water partition coefficient (Wildman–Crippen LogP) is 5.60. The van der Waals surface area contributed by atoms with Gasteiger partial charge in [-0.2, -0.15) is 0 Å². The maximum atomic E-state index is 12.2. The maximum absolute atomic E-state index is 12.2. The van der Waals surface area contributed by atoms with E-state index < -0.39 is 10.9 Å². The van der Waals surface area contributed by atoms with Crippen LogP contribution in [0.3, 0.4) is 0 Å². The molecule has 0 bridgehead atoms. The number of carbonyl (C=O) groups excluding carboxylic acids is 1. The van der Waals surface area contributed by atoms with Gasteiger partial charge in [0.25, 0.3) is 5.69 Å². The van der Waals surface area contributed by atoms with E-state index in [1.165, 1.54) is 6.07 Å². The van der Waals surface area contributed by atoms with Crippen LogP contribution < -0.4 is 0 Å². The van der Waals surface area contributed by atoms with Crippen LogP contribution in [0.2, 0.25) is 0 Å². The molecule has 2 heterocycles. The molecular weight excluding hydrogens is 426 g/mol. The van der Waals surface area contributed by atoms with Gasteiger partial charge in [0.15, 0.2) is 0 Å². The standard InChI is InChI=1S/C21H12BrNO5/c22-15-7-5-13(6-8-15)20-12-14(21(24)28-20)11-16-9-10-19(27-16)17-3-1-2-4-18(17)23(25)26/h1-12H. The summed E-state index contributed by atoms with van der Waals surface area (Å²) in [5.74, 6) is 0.715. The number of hydrogen-bond donors (Lipinski definition) is 0.